The van der Waals surface area contributed by atoms with Crippen LogP contribution >= 0.6 is 0 Å². The highest BCUT2D eigenvalue weighted by atomic mass is 19.1. The predicted octanol–water partition coefficient (Wildman–Crippen LogP) is 1.54. The van der Waals surface area contributed by atoms with Crippen LogP contribution in [-0.2, 0) is 24.3 Å². The first-order valence-corrected chi connectivity index (χ1v) is 11.1. The highest BCUT2D eigenvalue weighted by molar-refractivity contribution is 5.76. The van der Waals surface area contributed by atoms with Crippen molar-refractivity contribution in [2.24, 2.45) is 0 Å². The fourth-order valence-corrected chi connectivity index (χ4v) is 4.44. The van der Waals surface area contributed by atoms with Gasteiger partial charge in [-0.05, 0) is 45.0 Å². The number of carbonyl (C=O) groups is 1. The van der Waals surface area contributed by atoms with E-state index < -0.39 is 6.04 Å². The SMILES string of the molecule is CC(NC(=O)Cn1nc2n(c1=O)CCCCC2)c1cc(F)ccc1N1CCN(C)CC1. The van der Waals surface area contributed by atoms with Gasteiger partial charge in [0.2, 0.25) is 5.91 Å². The molecule has 1 amide bonds. The van der Waals surface area contributed by atoms with E-state index in [1.165, 1.54) is 16.8 Å². The minimum absolute atomic E-state index is 0.137. The number of anilines is 1. The molecule has 9 heteroatoms. The van der Waals surface area contributed by atoms with E-state index in [9.17, 15) is 14.0 Å². The molecule has 1 N–H and O–H groups in total. The number of aromatic nitrogens is 3. The van der Waals surface area contributed by atoms with Crippen molar-refractivity contribution in [1.82, 2.24) is 24.6 Å². The van der Waals surface area contributed by atoms with Crippen molar-refractivity contribution in [3.05, 3.63) is 45.9 Å². The maximum Gasteiger partial charge on any atom is 0.346 e. The van der Waals surface area contributed by atoms with Crippen molar-refractivity contribution in [2.45, 2.75) is 51.7 Å². The fraction of sp³-hybridized carbons (Fsp3) is 0.591. The van der Waals surface area contributed by atoms with E-state index in [0.717, 1.165) is 68.9 Å². The van der Waals surface area contributed by atoms with Crippen LogP contribution in [0.1, 0.15) is 43.6 Å². The van der Waals surface area contributed by atoms with Gasteiger partial charge in [-0.2, -0.15) is 5.10 Å². The van der Waals surface area contributed by atoms with Gasteiger partial charge in [-0.25, -0.2) is 13.9 Å². The summed E-state index contributed by atoms with van der Waals surface area (Å²) in [6.45, 7) is 5.94. The third kappa shape index (κ3) is 4.81. The van der Waals surface area contributed by atoms with Gasteiger partial charge in [0.25, 0.3) is 0 Å². The van der Waals surface area contributed by atoms with Crippen molar-refractivity contribution in [1.29, 1.82) is 0 Å². The standard InChI is InChI=1S/C22H31FN6O2/c1-16(18-14-17(23)7-8-19(18)27-12-10-26(2)11-13-27)24-21(30)15-29-22(31)28-9-5-3-4-6-20(28)25-29/h7-8,14,16H,3-6,9-13,15H2,1-2H3,(H,24,30). The molecule has 1 atom stereocenters. The largest absolute Gasteiger partial charge is 0.369 e. The maximum atomic E-state index is 14.0. The Kier molecular flexibility index (Phi) is 6.41. The number of hydrogen-bond acceptors (Lipinski definition) is 5. The first kappa shape index (κ1) is 21.5. The minimum atomic E-state index is -0.394. The van der Waals surface area contributed by atoms with Gasteiger partial charge in [-0.3, -0.25) is 9.36 Å². The van der Waals surface area contributed by atoms with Crippen LogP contribution in [0.2, 0.25) is 0 Å². The van der Waals surface area contributed by atoms with Crippen LogP contribution in [-0.4, -0.2) is 58.4 Å². The Morgan fingerprint density at radius 3 is 2.71 bits per heavy atom. The summed E-state index contributed by atoms with van der Waals surface area (Å²) in [5.41, 5.74) is 1.45. The van der Waals surface area contributed by atoms with Crippen LogP contribution in [0.5, 0.6) is 0 Å². The van der Waals surface area contributed by atoms with Gasteiger partial charge in [0.05, 0.1) is 6.04 Å². The summed E-state index contributed by atoms with van der Waals surface area (Å²) in [6.07, 6.45) is 3.81. The summed E-state index contributed by atoms with van der Waals surface area (Å²) in [5, 5.41) is 7.30. The highest BCUT2D eigenvalue weighted by Crippen LogP contribution is 2.28. The molecule has 3 heterocycles. The lowest BCUT2D eigenvalue weighted by Crippen LogP contribution is -2.45. The normalized spacial score (nSPS) is 18.4. The lowest BCUT2D eigenvalue weighted by Gasteiger charge is -2.36. The number of nitrogens with one attached hydrogen (secondary N) is 1. The smallest absolute Gasteiger partial charge is 0.346 e. The molecule has 1 aromatic carbocycles. The van der Waals surface area contributed by atoms with E-state index in [-0.39, 0.29) is 24.0 Å². The zero-order valence-electron chi connectivity index (χ0n) is 18.3. The Balaban J connectivity index is 1.47. The van der Waals surface area contributed by atoms with E-state index in [2.05, 4.69) is 27.3 Å². The van der Waals surface area contributed by atoms with Gasteiger partial charge >= 0.3 is 5.69 Å². The summed E-state index contributed by atoms with van der Waals surface area (Å²) >= 11 is 0. The topological polar surface area (TPSA) is 75.4 Å². The second kappa shape index (κ2) is 9.21. The molecule has 0 spiro atoms. The van der Waals surface area contributed by atoms with Crippen LogP contribution in [0, 0.1) is 5.82 Å². The first-order valence-electron chi connectivity index (χ1n) is 11.1. The third-order valence-electron chi connectivity index (χ3n) is 6.25. The Labute approximate surface area is 181 Å². The summed E-state index contributed by atoms with van der Waals surface area (Å²) in [7, 11) is 2.09. The zero-order valence-corrected chi connectivity index (χ0v) is 18.3. The maximum absolute atomic E-state index is 14.0. The number of carbonyl (C=O) groups excluding carboxylic acids is 1. The van der Waals surface area contributed by atoms with E-state index >= 15 is 0 Å². The molecule has 8 nitrogen and oxygen atoms in total. The second-order valence-corrected chi connectivity index (χ2v) is 8.60. The van der Waals surface area contributed by atoms with Crippen molar-refractivity contribution < 1.29 is 9.18 Å². The second-order valence-electron chi connectivity index (χ2n) is 8.60. The molecule has 0 radical (unpaired) electrons. The average molecular weight is 431 g/mol. The molecule has 31 heavy (non-hydrogen) atoms. The Bertz CT molecular complexity index is 992. The monoisotopic (exact) mass is 430 g/mol. The number of benzene rings is 1. The van der Waals surface area contributed by atoms with E-state index in [4.69, 9.17) is 0 Å². The van der Waals surface area contributed by atoms with E-state index in [1.54, 1.807) is 10.6 Å². The molecule has 1 saturated heterocycles. The molecule has 4 rings (SSSR count). The van der Waals surface area contributed by atoms with Crippen molar-refractivity contribution in [2.75, 3.05) is 38.1 Å². The van der Waals surface area contributed by atoms with Crippen molar-refractivity contribution in [3.63, 3.8) is 0 Å². The van der Waals surface area contributed by atoms with Gasteiger partial charge in [0.15, 0.2) is 0 Å². The molecule has 168 valence electrons. The summed E-state index contributed by atoms with van der Waals surface area (Å²) in [5.74, 6) is 0.116. The first-order chi connectivity index (χ1) is 14.9. The number of fused-ring (bicyclic) bond motifs is 1. The lowest BCUT2D eigenvalue weighted by atomic mass is 10.0. The van der Waals surface area contributed by atoms with E-state index in [1.807, 2.05) is 6.92 Å². The van der Waals surface area contributed by atoms with Gasteiger partial charge in [0, 0.05) is 50.4 Å². The Morgan fingerprint density at radius 1 is 1.16 bits per heavy atom. The van der Waals surface area contributed by atoms with Crippen molar-refractivity contribution >= 4 is 11.6 Å². The Morgan fingerprint density at radius 2 is 1.94 bits per heavy atom. The van der Waals surface area contributed by atoms with Crippen LogP contribution in [0.15, 0.2) is 23.0 Å². The quantitative estimate of drug-likeness (QED) is 0.779. The zero-order chi connectivity index (χ0) is 22.0. The molecule has 1 fully saturated rings. The Hall–Kier alpha value is -2.68. The molecule has 2 aliphatic heterocycles. The number of aryl methyl sites for hydroxylation is 1. The van der Waals surface area contributed by atoms with Gasteiger partial charge in [-0.1, -0.05) is 6.42 Å². The third-order valence-corrected chi connectivity index (χ3v) is 6.25. The minimum Gasteiger partial charge on any atom is -0.369 e. The van der Waals surface area contributed by atoms with Gasteiger partial charge < -0.3 is 15.1 Å². The number of hydrogen-bond donors (Lipinski definition) is 1. The van der Waals surface area contributed by atoms with Crippen LogP contribution in [0.25, 0.3) is 0 Å². The summed E-state index contributed by atoms with van der Waals surface area (Å²) in [6, 6.07) is 4.34. The van der Waals surface area contributed by atoms with Gasteiger partial charge in [-0.15, -0.1) is 0 Å². The van der Waals surface area contributed by atoms with E-state index in [0.29, 0.717) is 6.54 Å². The predicted molar refractivity (Wildman–Crippen MR) is 117 cm³/mol. The number of likely N-dealkylation sites (N-methyl/N-ethyl adjacent to an activating group) is 1. The molecule has 1 unspecified atom stereocenters. The lowest BCUT2D eigenvalue weighted by molar-refractivity contribution is -0.122. The van der Waals surface area contributed by atoms with Crippen LogP contribution < -0.4 is 15.9 Å². The average Bonchev–Trinajstić information content (AvgIpc) is 2.90. The van der Waals surface area contributed by atoms with Crippen molar-refractivity contribution in [3.8, 4) is 0 Å². The molecule has 0 aliphatic carbocycles. The molecule has 2 aromatic rings. The van der Waals surface area contributed by atoms with Crippen LogP contribution in [0.3, 0.4) is 0 Å². The molecular weight excluding hydrogens is 399 g/mol. The highest BCUT2D eigenvalue weighted by Gasteiger charge is 2.22. The number of amides is 1. The number of halogens is 1. The molecular formula is C22H31FN6O2. The summed E-state index contributed by atoms with van der Waals surface area (Å²) < 4.78 is 17.0. The molecule has 1 aromatic heterocycles. The van der Waals surface area contributed by atoms with Gasteiger partial charge in [0.1, 0.15) is 18.2 Å². The molecule has 0 bridgehead atoms. The van der Waals surface area contributed by atoms with Crippen LogP contribution in [0.4, 0.5) is 10.1 Å². The summed E-state index contributed by atoms with van der Waals surface area (Å²) in [4.78, 5) is 29.8. The number of piperazine rings is 1. The number of nitrogens with zero attached hydrogens (tertiary/aromatic N) is 5. The number of rotatable bonds is 5. The molecule has 0 saturated carbocycles. The molecule has 2 aliphatic rings. The fourth-order valence-electron chi connectivity index (χ4n) is 4.44.